The van der Waals surface area contributed by atoms with Crippen molar-refractivity contribution < 1.29 is 17.9 Å². The smallest absolute Gasteiger partial charge is 0.282 e. The van der Waals surface area contributed by atoms with Gasteiger partial charge in [0.1, 0.15) is 5.75 Å². The molecule has 1 aromatic carbocycles. The van der Waals surface area contributed by atoms with E-state index in [1.165, 1.54) is 4.31 Å². The summed E-state index contributed by atoms with van der Waals surface area (Å²) in [4.78, 5) is 12.8. The molecule has 30 heavy (non-hydrogen) atoms. The van der Waals surface area contributed by atoms with Crippen LogP contribution in [0.25, 0.3) is 0 Å². The molecular weight excluding hydrogens is 470 g/mol. The minimum Gasteiger partial charge on any atom is -0.496 e. The molecule has 2 heterocycles. The highest BCUT2D eigenvalue weighted by atomic mass is 79.9. The maximum Gasteiger partial charge on any atom is 0.282 e. The lowest BCUT2D eigenvalue weighted by Gasteiger charge is -2.39. The van der Waals surface area contributed by atoms with Crippen molar-refractivity contribution in [3.05, 3.63) is 28.2 Å². The predicted molar refractivity (Wildman–Crippen MR) is 120 cm³/mol. The standard InChI is InChI=1S/C21H32BrN3O4S/c1-15-9-16(2)13-25(12-15)30(27,28)24-8-4-5-17(14-24)21(26)23-11-18-10-19(22)6-7-20(18)29-3/h6-7,10,15-17H,4-5,8-9,11-14H2,1-3H3,(H,23,26)/t15-,16+,17-/m1/s1. The molecule has 0 bridgehead atoms. The fourth-order valence-corrected chi connectivity index (χ4v) is 6.88. The topological polar surface area (TPSA) is 79.0 Å². The molecule has 7 nitrogen and oxygen atoms in total. The molecule has 0 saturated carbocycles. The molecule has 2 aliphatic heterocycles. The van der Waals surface area contributed by atoms with Gasteiger partial charge in [0.05, 0.1) is 13.0 Å². The van der Waals surface area contributed by atoms with Gasteiger partial charge in [-0.25, -0.2) is 0 Å². The van der Waals surface area contributed by atoms with Crippen LogP contribution in [0.2, 0.25) is 0 Å². The number of hydrogen-bond acceptors (Lipinski definition) is 4. The Morgan fingerprint density at radius 1 is 1.20 bits per heavy atom. The van der Waals surface area contributed by atoms with Gasteiger partial charge in [-0.3, -0.25) is 4.79 Å². The molecule has 0 aromatic heterocycles. The van der Waals surface area contributed by atoms with E-state index in [-0.39, 0.29) is 18.4 Å². The Morgan fingerprint density at radius 3 is 2.57 bits per heavy atom. The molecular formula is C21H32BrN3O4S. The highest BCUT2D eigenvalue weighted by Gasteiger charge is 2.38. The van der Waals surface area contributed by atoms with Crippen molar-refractivity contribution in [1.82, 2.24) is 13.9 Å². The lowest BCUT2D eigenvalue weighted by atomic mass is 9.94. The van der Waals surface area contributed by atoms with Crippen LogP contribution in [0.15, 0.2) is 22.7 Å². The number of methoxy groups -OCH3 is 1. The summed E-state index contributed by atoms with van der Waals surface area (Å²) in [5, 5.41) is 2.96. The van der Waals surface area contributed by atoms with E-state index >= 15 is 0 Å². The minimum absolute atomic E-state index is 0.114. The number of benzene rings is 1. The number of carbonyl (C=O) groups excluding carboxylic acids is 1. The second-order valence-electron chi connectivity index (χ2n) is 8.64. The zero-order valence-electron chi connectivity index (χ0n) is 17.9. The Labute approximate surface area is 188 Å². The largest absolute Gasteiger partial charge is 0.496 e. The first-order chi connectivity index (χ1) is 14.2. The molecule has 2 fully saturated rings. The molecule has 0 spiro atoms. The molecule has 3 atom stereocenters. The fraction of sp³-hybridized carbons (Fsp3) is 0.667. The molecule has 1 N–H and O–H groups in total. The van der Waals surface area contributed by atoms with Crippen LogP contribution in [0.1, 0.15) is 38.7 Å². The Kier molecular flexibility index (Phi) is 7.81. The van der Waals surface area contributed by atoms with Gasteiger partial charge in [0.25, 0.3) is 10.2 Å². The number of amides is 1. The monoisotopic (exact) mass is 501 g/mol. The first-order valence-corrected chi connectivity index (χ1v) is 12.7. The lowest BCUT2D eigenvalue weighted by Crippen LogP contribution is -2.53. The van der Waals surface area contributed by atoms with Crippen molar-refractivity contribution in [2.75, 3.05) is 33.3 Å². The number of nitrogens with zero attached hydrogens (tertiary/aromatic N) is 2. The van der Waals surface area contributed by atoms with Gasteiger partial charge in [-0.15, -0.1) is 0 Å². The molecule has 0 radical (unpaired) electrons. The molecule has 9 heteroatoms. The van der Waals surface area contributed by atoms with Crippen molar-refractivity contribution in [3.63, 3.8) is 0 Å². The summed E-state index contributed by atoms with van der Waals surface area (Å²) in [7, 11) is -1.94. The summed E-state index contributed by atoms with van der Waals surface area (Å²) in [6.07, 6.45) is 2.44. The van der Waals surface area contributed by atoms with E-state index in [2.05, 4.69) is 35.1 Å². The first kappa shape index (κ1) is 23.5. The number of piperidine rings is 2. The molecule has 0 aliphatic carbocycles. The SMILES string of the molecule is COc1ccc(Br)cc1CNC(=O)[C@@H]1CCCN(S(=O)(=O)N2C[C@H](C)C[C@H](C)C2)C1. The molecule has 1 amide bonds. The Bertz CT molecular complexity index is 854. The molecule has 3 rings (SSSR count). The number of carbonyl (C=O) groups is 1. The highest BCUT2D eigenvalue weighted by Crippen LogP contribution is 2.28. The third-order valence-electron chi connectivity index (χ3n) is 5.94. The normalized spacial score (nSPS) is 26.3. The predicted octanol–water partition coefficient (Wildman–Crippen LogP) is 3.01. The summed E-state index contributed by atoms with van der Waals surface area (Å²) >= 11 is 3.44. The van der Waals surface area contributed by atoms with E-state index in [0.29, 0.717) is 56.6 Å². The van der Waals surface area contributed by atoms with E-state index in [1.54, 1.807) is 11.4 Å². The van der Waals surface area contributed by atoms with Crippen LogP contribution >= 0.6 is 15.9 Å². The van der Waals surface area contributed by atoms with Crippen molar-refractivity contribution in [2.24, 2.45) is 17.8 Å². The Hall–Kier alpha value is -1.16. The van der Waals surface area contributed by atoms with Crippen LogP contribution < -0.4 is 10.1 Å². The molecule has 168 valence electrons. The third kappa shape index (κ3) is 5.55. The van der Waals surface area contributed by atoms with Gasteiger partial charge in [0.15, 0.2) is 0 Å². The van der Waals surface area contributed by atoms with Crippen LogP contribution in [0.5, 0.6) is 5.75 Å². The van der Waals surface area contributed by atoms with E-state index in [0.717, 1.165) is 16.5 Å². The van der Waals surface area contributed by atoms with Gasteiger partial charge in [0, 0.05) is 42.8 Å². The maximum absolute atomic E-state index is 13.2. The molecule has 2 aliphatic rings. The van der Waals surface area contributed by atoms with Gasteiger partial charge >= 0.3 is 0 Å². The fourth-order valence-electron chi connectivity index (χ4n) is 4.54. The summed E-state index contributed by atoms with van der Waals surface area (Å²) in [6.45, 7) is 6.37. The van der Waals surface area contributed by atoms with Crippen LogP contribution in [0.3, 0.4) is 0 Å². The van der Waals surface area contributed by atoms with E-state index in [1.807, 2.05) is 18.2 Å². The lowest BCUT2D eigenvalue weighted by molar-refractivity contribution is -0.126. The second kappa shape index (κ2) is 9.97. The van der Waals surface area contributed by atoms with Gasteiger partial charge in [0.2, 0.25) is 5.91 Å². The quantitative estimate of drug-likeness (QED) is 0.649. The van der Waals surface area contributed by atoms with E-state index in [9.17, 15) is 13.2 Å². The molecule has 0 unspecified atom stereocenters. The van der Waals surface area contributed by atoms with Gasteiger partial charge in [-0.1, -0.05) is 29.8 Å². The maximum atomic E-state index is 13.2. The van der Waals surface area contributed by atoms with Crippen molar-refractivity contribution in [1.29, 1.82) is 0 Å². The Morgan fingerprint density at radius 2 is 1.90 bits per heavy atom. The summed E-state index contributed by atoms with van der Waals surface area (Å²) < 4.78 is 35.8. The zero-order valence-corrected chi connectivity index (χ0v) is 20.3. The van der Waals surface area contributed by atoms with Crippen molar-refractivity contribution in [2.45, 2.75) is 39.7 Å². The van der Waals surface area contributed by atoms with E-state index < -0.39 is 10.2 Å². The minimum atomic E-state index is -3.54. The van der Waals surface area contributed by atoms with Crippen LogP contribution in [0, 0.1) is 17.8 Å². The molecule has 2 saturated heterocycles. The molecule has 1 aromatic rings. The Balaban J connectivity index is 1.63. The van der Waals surface area contributed by atoms with Crippen LogP contribution in [-0.2, 0) is 21.5 Å². The summed E-state index contributed by atoms with van der Waals surface area (Å²) in [6, 6.07) is 5.65. The highest BCUT2D eigenvalue weighted by molar-refractivity contribution is 9.10. The number of halogens is 1. The van der Waals surface area contributed by atoms with Gasteiger partial charge in [-0.2, -0.15) is 17.0 Å². The summed E-state index contributed by atoms with van der Waals surface area (Å²) in [5.74, 6) is 0.962. The number of hydrogen-bond donors (Lipinski definition) is 1. The first-order valence-electron chi connectivity index (χ1n) is 10.6. The average molecular weight is 502 g/mol. The summed E-state index contributed by atoms with van der Waals surface area (Å²) in [5.41, 5.74) is 0.872. The number of nitrogens with one attached hydrogen (secondary N) is 1. The number of ether oxygens (including phenoxy) is 1. The van der Waals surface area contributed by atoms with E-state index in [4.69, 9.17) is 4.74 Å². The van der Waals surface area contributed by atoms with Crippen molar-refractivity contribution in [3.8, 4) is 5.75 Å². The second-order valence-corrected chi connectivity index (χ2v) is 11.5. The van der Waals surface area contributed by atoms with Crippen molar-refractivity contribution >= 4 is 32.0 Å². The average Bonchev–Trinajstić information content (AvgIpc) is 2.71. The van der Waals surface area contributed by atoms with Gasteiger partial charge in [-0.05, 0) is 49.3 Å². The van der Waals surface area contributed by atoms with Crippen LogP contribution in [-0.4, -0.2) is 56.2 Å². The third-order valence-corrected chi connectivity index (χ3v) is 8.37. The number of rotatable bonds is 6. The van der Waals surface area contributed by atoms with Crippen LogP contribution in [0.4, 0.5) is 0 Å². The zero-order chi connectivity index (χ0) is 21.9. The van der Waals surface area contributed by atoms with Gasteiger partial charge < -0.3 is 10.1 Å².